The van der Waals surface area contributed by atoms with Crippen LogP contribution in [0.2, 0.25) is 0 Å². The van der Waals surface area contributed by atoms with Crippen LogP contribution < -0.4 is 0 Å². The van der Waals surface area contributed by atoms with E-state index in [1.807, 2.05) is 30.0 Å². The average molecular weight is 331 g/mol. The third-order valence-corrected chi connectivity index (χ3v) is 4.82. The van der Waals surface area contributed by atoms with Crippen molar-refractivity contribution in [1.29, 1.82) is 0 Å². The molecule has 0 aliphatic carbocycles. The van der Waals surface area contributed by atoms with Crippen LogP contribution in [0.3, 0.4) is 0 Å². The number of benzene rings is 1. The molecule has 4 heteroatoms. The highest BCUT2D eigenvalue weighted by molar-refractivity contribution is 9.10. The summed E-state index contributed by atoms with van der Waals surface area (Å²) in [6, 6.07) is 5.77. The minimum Gasteiger partial charge on any atom is -0.338 e. The number of hydrogen-bond acceptors (Lipinski definition) is 1. The van der Waals surface area contributed by atoms with E-state index in [4.69, 9.17) is 11.6 Å². The summed E-state index contributed by atoms with van der Waals surface area (Å²) >= 11 is 9.38. The molecule has 2 nitrogen and oxygen atoms in total. The van der Waals surface area contributed by atoms with Crippen LogP contribution in [-0.4, -0.2) is 29.8 Å². The first-order valence-corrected chi connectivity index (χ1v) is 7.56. The molecule has 0 radical (unpaired) electrons. The minimum atomic E-state index is 0.128. The molecule has 18 heavy (non-hydrogen) atoms. The lowest BCUT2D eigenvalue weighted by atomic mass is 9.98. The molecule has 98 valence electrons. The number of likely N-dealkylation sites (tertiary alicyclic amines) is 1. The van der Waals surface area contributed by atoms with Gasteiger partial charge in [-0.1, -0.05) is 22.0 Å². The molecule has 1 atom stereocenters. The highest BCUT2D eigenvalue weighted by Crippen LogP contribution is 2.24. The zero-order valence-electron chi connectivity index (χ0n) is 10.5. The Kier molecular flexibility index (Phi) is 4.68. The molecule has 1 aliphatic heterocycles. The maximum Gasteiger partial charge on any atom is 0.254 e. The van der Waals surface area contributed by atoms with Crippen molar-refractivity contribution in [3.63, 3.8) is 0 Å². The lowest BCUT2D eigenvalue weighted by molar-refractivity contribution is 0.0684. The zero-order chi connectivity index (χ0) is 13.1. The third kappa shape index (κ3) is 2.89. The molecule has 1 heterocycles. The normalized spacial score (nSPS) is 19.9. The lowest BCUT2D eigenvalue weighted by Gasteiger charge is -2.32. The molecule has 0 aromatic heterocycles. The van der Waals surface area contributed by atoms with E-state index < -0.39 is 0 Å². The maximum absolute atomic E-state index is 12.5. The molecule has 1 fully saturated rings. The van der Waals surface area contributed by atoms with Crippen molar-refractivity contribution >= 4 is 33.4 Å². The summed E-state index contributed by atoms with van der Waals surface area (Å²) in [6.45, 7) is 3.60. The van der Waals surface area contributed by atoms with Gasteiger partial charge in [0, 0.05) is 29.0 Å². The highest BCUT2D eigenvalue weighted by Gasteiger charge is 2.24. The molecule has 1 saturated heterocycles. The monoisotopic (exact) mass is 329 g/mol. The summed E-state index contributed by atoms with van der Waals surface area (Å²) in [6.07, 6.45) is 2.18. The number of carbonyl (C=O) groups is 1. The van der Waals surface area contributed by atoms with E-state index in [2.05, 4.69) is 15.9 Å². The predicted octanol–water partition coefficient (Wildman–Crippen LogP) is 3.85. The number of rotatable bonds is 2. The van der Waals surface area contributed by atoms with Gasteiger partial charge in [-0.3, -0.25) is 4.79 Å². The van der Waals surface area contributed by atoms with E-state index in [0.29, 0.717) is 11.8 Å². The zero-order valence-corrected chi connectivity index (χ0v) is 12.8. The van der Waals surface area contributed by atoms with Gasteiger partial charge in [0.25, 0.3) is 5.91 Å². The number of halogens is 2. The Morgan fingerprint density at radius 2 is 2.33 bits per heavy atom. The summed E-state index contributed by atoms with van der Waals surface area (Å²) < 4.78 is 0.985. The second-order valence-electron chi connectivity index (χ2n) is 4.83. The van der Waals surface area contributed by atoms with Gasteiger partial charge in [-0.15, -0.1) is 11.6 Å². The van der Waals surface area contributed by atoms with Crippen LogP contribution in [0.25, 0.3) is 0 Å². The highest BCUT2D eigenvalue weighted by atomic mass is 79.9. The van der Waals surface area contributed by atoms with E-state index in [1.165, 1.54) is 0 Å². The molecule has 1 aromatic carbocycles. The van der Waals surface area contributed by atoms with Gasteiger partial charge in [0.1, 0.15) is 0 Å². The fourth-order valence-corrected chi connectivity index (χ4v) is 3.00. The Balaban J connectivity index is 2.18. The first-order valence-electron chi connectivity index (χ1n) is 6.24. The predicted molar refractivity (Wildman–Crippen MR) is 78.2 cm³/mol. The van der Waals surface area contributed by atoms with Crippen molar-refractivity contribution in [3.8, 4) is 0 Å². The van der Waals surface area contributed by atoms with E-state index in [0.717, 1.165) is 41.5 Å². The summed E-state index contributed by atoms with van der Waals surface area (Å²) in [5.74, 6) is 1.21. The summed E-state index contributed by atoms with van der Waals surface area (Å²) in [7, 11) is 0. The second-order valence-corrected chi connectivity index (χ2v) is 5.99. The fraction of sp³-hybridized carbons (Fsp3) is 0.500. The first-order chi connectivity index (χ1) is 8.63. The molecular formula is C14H17BrClNO. The summed E-state index contributed by atoms with van der Waals surface area (Å²) in [4.78, 5) is 14.4. The molecular weight excluding hydrogens is 314 g/mol. The Labute approximate surface area is 121 Å². The molecule has 1 aromatic rings. The van der Waals surface area contributed by atoms with Gasteiger partial charge in [0.05, 0.1) is 0 Å². The number of nitrogens with zero attached hydrogens (tertiary/aromatic N) is 1. The van der Waals surface area contributed by atoms with Crippen molar-refractivity contribution in [1.82, 2.24) is 4.90 Å². The van der Waals surface area contributed by atoms with E-state index in [1.54, 1.807) is 0 Å². The van der Waals surface area contributed by atoms with E-state index in [9.17, 15) is 4.79 Å². The third-order valence-electron chi connectivity index (χ3n) is 3.52. The van der Waals surface area contributed by atoms with Crippen LogP contribution in [0.4, 0.5) is 0 Å². The molecule has 1 aliphatic rings. The van der Waals surface area contributed by atoms with Crippen LogP contribution in [-0.2, 0) is 0 Å². The van der Waals surface area contributed by atoms with Gasteiger partial charge in [-0.05, 0) is 43.4 Å². The molecule has 1 unspecified atom stereocenters. The molecule has 1 amide bonds. The number of carbonyl (C=O) groups excluding carboxylic acids is 1. The lowest BCUT2D eigenvalue weighted by Crippen LogP contribution is -2.40. The Morgan fingerprint density at radius 1 is 1.56 bits per heavy atom. The summed E-state index contributed by atoms with van der Waals surface area (Å²) in [5.41, 5.74) is 1.80. The molecule has 0 N–H and O–H groups in total. The number of amides is 1. The Morgan fingerprint density at radius 3 is 3.06 bits per heavy atom. The van der Waals surface area contributed by atoms with Crippen molar-refractivity contribution < 1.29 is 4.79 Å². The van der Waals surface area contributed by atoms with Gasteiger partial charge in [-0.25, -0.2) is 0 Å². The smallest absolute Gasteiger partial charge is 0.254 e. The van der Waals surface area contributed by atoms with Gasteiger partial charge in [-0.2, -0.15) is 0 Å². The van der Waals surface area contributed by atoms with Crippen molar-refractivity contribution in [3.05, 3.63) is 33.8 Å². The largest absolute Gasteiger partial charge is 0.338 e. The van der Waals surface area contributed by atoms with Crippen molar-refractivity contribution in [2.24, 2.45) is 5.92 Å². The summed E-state index contributed by atoms with van der Waals surface area (Å²) in [5, 5.41) is 0. The van der Waals surface area contributed by atoms with Gasteiger partial charge < -0.3 is 4.90 Å². The van der Waals surface area contributed by atoms with E-state index in [-0.39, 0.29) is 5.91 Å². The molecule has 0 bridgehead atoms. The quantitative estimate of drug-likeness (QED) is 0.754. The Bertz CT molecular complexity index is 449. The number of hydrogen-bond donors (Lipinski definition) is 0. The van der Waals surface area contributed by atoms with Gasteiger partial charge in [0.2, 0.25) is 0 Å². The topological polar surface area (TPSA) is 20.3 Å². The fourth-order valence-electron chi connectivity index (χ4n) is 2.38. The first kappa shape index (κ1) is 13.9. The number of alkyl halides is 1. The van der Waals surface area contributed by atoms with Crippen molar-refractivity contribution in [2.75, 3.05) is 19.0 Å². The standard InChI is InChI=1S/C14H17BrClNO/c1-10-12(5-2-6-13(10)15)14(18)17-7-3-4-11(8-16)9-17/h2,5-6,11H,3-4,7-9H2,1H3. The van der Waals surface area contributed by atoms with Crippen LogP contribution in [0.1, 0.15) is 28.8 Å². The SMILES string of the molecule is Cc1c(Br)cccc1C(=O)N1CCCC(CCl)C1. The second kappa shape index (κ2) is 6.07. The van der Waals surface area contributed by atoms with Crippen LogP contribution >= 0.6 is 27.5 Å². The van der Waals surface area contributed by atoms with Crippen LogP contribution in [0.15, 0.2) is 22.7 Å². The van der Waals surface area contributed by atoms with Crippen molar-refractivity contribution in [2.45, 2.75) is 19.8 Å². The van der Waals surface area contributed by atoms with Gasteiger partial charge in [0.15, 0.2) is 0 Å². The van der Waals surface area contributed by atoms with Crippen LogP contribution in [0, 0.1) is 12.8 Å². The minimum absolute atomic E-state index is 0.128. The average Bonchev–Trinajstić information content (AvgIpc) is 2.41. The van der Waals surface area contributed by atoms with Crippen LogP contribution in [0.5, 0.6) is 0 Å². The molecule has 0 spiro atoms. The number of piperidine rings is 1. The maximum atomic E-state index is 12.5. The molecule has 2 rings (SSSR count). The van der Waals surface area contributed by atoms with Gasteiger partial charge >= 0.3 is 0 Å². The van der Waals surface area contributed by atoms with E-state index >= 15 is 0 Å². The Hall–Kier alpha value is -0.540. The molecule has 0 saturated carbocycles.